The van der Waals surface area contributed by atoms with Gasteiger partial charge in [-0.05, 0) is 6.42 Å². The lowest BCUT2D eigenvalue weighted by atomic mass is 10.0. The first kappa shape index (κ1) is 21.3. The summed E-state index contributed by atoms with van der Waals surface area (Å²) in [5, 5.41) is 9.91. The van der Waals surface area contributed by atoms with E-state index in [1.165, 1.54) is 96.3 Å². The van der Waals surface area contributed by atoms with E-state index >= 15 is 0 Å². The molecule has 0 aromatic carbocycles. The van der Waals surface area contributed by atoms with Gasteiger partial charge in [0, 0.05) is 6.54 Å². The predicted molar refractivity (Wildman–Crippen MR) is 99.5 cm³/mol. The quantitative estimate of drug-likeness (QED) is 0.182. The molecule has 0 amide bonds. The molecule has 3 nitrogen and oxygen atoms in total. The highest BCUT2D eigenvalue weighted by molar-refractivity contribution is 5.74. The van der Waals surface area contributed by atoms with Gasteiger partial charge < -0.3 is 11.1 Å². The van der Waals surface area contributed by atoms with Crippen LogP contribution in [0.2, 0.25) is 0 Å². The van der Waals surface area contributed by atoms with E-state index in [1.54, 1.807) is 0 Å². The molecule has 0 bridgehead atoms. The number of guanidine groups is 1. The van der Waals surface area contributed by atoms with Crippen LogP contribution in [0.4, 0.5) is 0 Å². The molecular weight excluding hydrogens is 270 g/mol. The van der Waals surface area contributed by atoms with Crippen LogP contribution in [-0.4, -0.2) is 12.5 Å². The summed E-state index contributed by atoms with van der Waals surface area (Å²) in [4.78, 5) is 0. The molecule has 0 rings (SSSR count). The van der Waals surface area contributed by atoms with Crippen molar-refractivity contribution in [3.8, 4) is 0 Å². The Balaban J connectivity index is 2.95. The first-order valence-corrected chi connectivity index (χ1v) is 9.85. The van der Waals surface area contributed by atoms with Crippen molar-refractivity contribution in [2.75, 3.05) is 6.54 Å². The molecule has 0 unspecified atom stereocenters. The zero-order valence-corrected chi connectivity index (χ0v) is 15.1. The molecule has 0 spiro atoms. The summed E-state index contributed by atoms with van der Waals surface area (Å²) in [6, 6.07) is 0. The summed E-state index contributed by atoms with van der Waals surface area (Å²) >= 11 is 0. The summed E-state index contributed by atoms with van der Waals surface area (Å²) in [5.41, 5.74) is 5.23. The van der Waals surface area contributed by atoms with Crippen LogP contribution in [0.15, 0.2) is 0 Å². The Morgan fingerprint density at radius 2 is 0.955 bits per heavy atom. The molecule has 0 heterocycles. The van der Waals surface area contributed by atoms with Crippen molar-refractivity contribution in [2.45, 2.75) is 110 Å². The maximum Gasteiger partial charge on any atom is 0.185 e. The Hall–Kier alpha value is -0.730. The monoisotopic (exact) mass is 311 g/mol. The smallest absolute Gasteiger partial charge is 0.185 e. The zero-order valence-electron chi connectivity index (χ0n) is 15.1. The molecule has 4 N–H and O–H groups in total. The minimum absolute atomic E-state index is 0.0981. The molecule has 0 fully saturated rings. The van der Waals surface area contributed by atoms with E-state index in [0.717, 1.165) is 13.0 Å². The number of rotatable bonds is 17. The van der Waals surface area contributed by atoms with E-state index in [4.69, 9.17) is 11.1 Å². The minimum Gasteiger partial charge on any atom is -0.370 e. The third-order valence-electron chi connectivity index (χ3n) is 4.35. The highest BCUT2D eigenvalue weighted by atomic mass is 15.0. The minimum atomic E-state index is 0.0981. The van der Waals surface area contributed by atoms with Crippen molar-refractivity contribution in [2.24, 2.45) is 5.73 Å². The van der Waals surface area contributed by atoms with Gasteiger partial charge in [0.1, 0.15) is 0 Å². The van der Waals surface area contributed by atoms with Crippen molar-refractivity contribution < 1.29 is 0 Å². The van der Waals surface area contributed by atoms with Gasteiger partial charge in [-0.25, -0.2) is 0 Å². The Morgan fingerprint density at radius 1 is 0.636 bits per heavy atom. The molecule has 0 aliphatic carbocycles. The van der Waals surface area contributed by atoms with Crippen LogP contribution in [0.25, 0.3) is 0 Å². The molecule has 0 atom stereocenters. The van der Waals surface area contributed by atoms with Crippen molar-refractivity contribution in [1.82, 2.24) is 5.32 Å². The van der Waals surface area contributed by atoms with E-state index in [1.807, 2.05) is 0 Å². The van der Waals surface area contributed by atoms with Gasteiger partial charge in [0.05, 0.1) is 0 Å². The van der Waals surface area contributed by atoms with Crippen LogP contribution in [0.3, 0.4) is 0 Å². The van der Waals surface area contributed by atoms with Crippen LogP contribution in [0, 0.1) is 5.41 Å². The maximum atomic E-state index is 7.05. The number of nitrogens with two attached hydrogens (primary N) is 1. The Labute approximate surface area is 139 Å². The van der Waals surface area contributed by atoms with E-state index in [-0.39, 0.29) is 5.96 Å². The molecule has 22 heavy (non-hydrogen) atoms. The third-order valence-corrected chi connectivity index (χ3v) is 4.35. The normalized spacial score (nSPS) is 10.8. The first-order valence-electron chi connectivity index (χ1n) is 9.85. The Morgan fingerprint density at radius 3 is 1.27 bits per heavy atom. The fourth-order valence-corrected chi connectivity index (χ4v) is 2.90. The summed E-state index contributed by atoms with van der Waals surface area (Å²) in [6.45, 7) is 3.14. The van der Waals surface area contributed by atoms with E-state index in [0.29, 0.717) is 0 Å². The fourth-order valence-electron chi connectivity index (χ4n) is 2.90. The molecule has 0 aliphatic heterocycles. The second-order valence-corrected chi connectivity index (χ2v) is 6.64. The van der Waals surface area contributed by atoms with Crippen LogP contribution in [-0.2, 0) is 0 Å². The molecule has 0 radical (unpaired) electrons. The molecule has 0 aromatic heterocycles. The lowest BCUT2D eigenvalue weighted by Gasteiger charge is -2.04. The average Bonchev–Trinajstić information content (AvgIpc) is 2.50. The number of nitrogens with one attached hydrogen (secondary N) is 2. The van der Waals surface area contributed by atoms with Gasteiger partial charge in [-0.1, -0.05) is 103 Å². The number of hydrogen-bond acceptors (Lipinski definition) is 1. The van der Waals surface area contributed by atoms with Gasteiger partial charge in [0.15, 0.2) is 5.96 Å². The van der Waals surface area contributed by atoms with E-state index < -0.39 is 0 Å². The molecule has 0 aromatic rings. The number of unbranched alkanes of at least 4 members (excludes halogenated alkanes) is 15. The second-order valence-electron chi connectivity index (χ2n) is 6.64. The zero-order chi connectivity index (χ0) is 16.3. The Kier molecular flexibility index (Phi) is 17.7. The standard InChI is InChI=1S/C19H41N3/c1-2-3-4-5-6-7-8-9-10-11-12-13-14-15-16-17-18-22-19(20)21/h2-18H2,1H3,(H4,20,21,22). The highest BCUT2D eigenvalue weighted by Gasteiger charge is 1.94. The topological polar surface area (TPSA) is 61.9 Å². The summed E-state index contributed by atoms with van der Waals surface area (Å²) in [6.07, 6.45) is 22.3. The van der Waals surface area contributed by atoms with E-state index in [9.17, 15) is 0 Å². The van der Waals surface area contributed by atoms with Crippen molar-refractivity contribution in [1.29, 1.82) is 5.41 Å². The molecular formula is C19H41N3. The van der Waals surface area contributed by atoms with Crippen molar-refractivity contribution in [3.63, 3.8) is 0 Å². The summed E-state index contributed by atoms with van der Waals surface area (Å²) in [7, 11) is 0. The fraction of sp³-hybridized carbons (Fsp3) is 0.947. The third kappa shape index (κ3) is 19.3. The lowest BCUT2D eigenvalue weighted by Crippen LogP contribution is -2.30. The van der Waals surface area contributed by atoms with Crippen LogP contribution >= 0.6 is 0 Å². The largest absolute Gasteiger partial charge is 0.370 e. The molecule has 0 aliphatic rings. The van der Waals surface area contributed by atoms with Crippen molar-refractivity contribution in [3.05, 3.63) is 0 Å². The van der Waals surface area contributed by atoms with Gasteiger partial charge in [0.25, 0.3) is 0 Å². The molecule has 3 heteroatoms. The average molecular weight is 312 g/mol. The SMILES string of the molecule is CCCCCCCCCCCCCCCCCCNC(=N)N. The van der Waals surface area contributed by atoms with Crippen LogP contribution in [0.5, 0.6) is 0 Å². The van der Waals surface area contributed by atoms with Gasteiger partial charge in [0.2, 0.25) is 0 Å². The molecule has 132 valence electrons. The molecule has 0 saturated carbocycles. The molecule has 0 saturated heterocycles. The summed E-state index contributed by atoms with van der Waals surface area (Å²) in [5.74, 6) is 0.0981. The van der Waals surface area contributed by atoms with E-state index in [2.05, 4.69) is 12.2 Å². The van der Waals surface area contributed by atoms with Gasteiger partial charge >= 0.3 is 0 Å². The first-order chi connectivity index (χ1) is 10.8. The van der Waals surface area contributed by atoms with Gasteiger partial charge in [-0.15, -0.1) is 0 Å². The number of hydrogen-bond donors (Lipinski definition) is 3. The van der Waals surface area contributed by atoms with Crippen LogP contribution in [0.1, 0.15) is 110 Å². The van der Waals surface area contributed by atoms with Crippen LogP contribution < -0.4 is 11.1 Å². The predicted octanol–water partition coefficient (Wildman–Crippen LogP) is 5.73. The van der Waals surface area contributed by atoms with Crippen molar-refractivity contribution >= 4 is 5.96 Å². The van der Waals surface area contributed by atoms with Gasteiger partial charge in [-0.3, -0.25) is 5.41 Å². The summed E-state index contributed by atoms with van der Waals surface area (Å²) < 4.78 is 0. The Bertz CT molecular complexity index is 229. The second kappa shape index (κ2) is 18.3. The van der Waals surface area contributed by atoms with Gasteiger partial charge in [-0.2, -0.15) is 0 Å². The highest BCUT2D eigenvalue weighted by Crippen LogP contribution is 2.13. The lowest BCUT2D eigenvalue weighted by molar-refractivity contribution is 0.529. The maximum absolute atomic E-state index is 7.05.